The fraction of sp³-hybridized carbons (Fsp3) is 0.267. The van der Waals surface area contributed by atoms with Crippen LogP contribution < -0.4 is 10.2 Å². The molecule has 8 heteroatoms. The van der Waals surface area contributed by atoms with Crippen LogP contribution in [0, 0.1) is 0 Å². The van der Waals surface area contributed by atoms with Gasteiger partial charge in [0.1, 0.15) is 5.82 Å². The second-order valence-electron chi connectivity index (χ2n) is 5.34. The van der Waals surface area contributed by atoms with Crippen LogP contribution in [0.25, 0.3) is 5.65 Å². The highest BCUT2D eigenvalue weighted by atomic mass is 16.2. The molecule has 1 saturated heterocycles. The van der Waals surface area contributed by atoms with E-state index in [4.69, 9.17) is 0 Å². The summed E-state index contributed by atoms with van der Waals surface area (Å²) in [6, 6.07) is 3.82. The van der Waals surface area contributed by atoms with E-state index >= 15 is 0 Å². The van der Waals surface area contributed by atoms with Crippen molar-refractivity contribution in [3.8, 4) is 0 Å². The minimum atomic E-state index is -0.316. The van der Waals surface area contributed by atoms with Crippen LogP contribution in [-0.4, -0.2) is 43.6 Å². The third-order valence-corrected chi connectivity index (χ3v) is 3.82. The largest absolute Gasteiger partial charge is 0.355 e. The SMILES string of the molecule is O=C(Nc1cnccn1)c1cnc2ccc(N3CCCC3)nn12. The summed E-state index contributed by atoms with van der Waals surface area (Å²) in [5.41, 5.74) is 1.00. The minimum absolute atomic E-state index is 0.316. The first-order valence-electron chi connectivity index (χ1n) is 7.48. The first kappa shape index (κ1) is 13.6. The van der Waals surface area contributed by atoms with E-state index < -0.39 is 0 Å². The predicted octanol–water partition coefficient (Wildman–Crippen LogP) is 1.37. The minimum Gasteiger partial charge on any atom is -0.355 e. The van der Waals surface area contributed by atoms with Gasteiger partial charge in [0.25, 0.3) is 5.91 Å². The smallest absolute Gasteiger partial charge is 0.277 e. The number of anilines is 2. The van der Waals surface area contributed by atoms with Gasteiger partial charge in [-0.05, 0) is 25.0 Å². The van der Waals surface area contributed by atoms with Crippen molar-refractivity contribution in [3.05, 3.63) is 42.6 Å². The van der Waals surface area contributed by atoms with Crippen LogP contribution in [0.5, 0.6) is 0 Å². The lowest BCUT2D eigenvalue weighted by Crippen LogP contribution is -2.21. The summed E-state index contributed by atoms with van der Waals surface area (Å²) in [7, 11) is 0. The number of hydrogen-bond donors (Lipinski definition) is 1. The predicted molar refractivity (Wildman–Crippen MR) is 84.4 cm³/mol. The standard InChI is InChI=1S/C15H15N7O/c23-15(19-12-10-16-5-6-17-12)11-9-18-13-3-4-14(20-22(11)13)21-7-1-2-8-21/h3-6,9-10H,1-2,7-8H2,(H,17,19,23). The summed E-state index contributed by atoms with van der Waals surface area (Å²) in [6.07, 6.45) is 8.42. The quantitative estimate of drug-likeness (QED) is 0.786. The Labute approximate surface area is 132 Å². The van der Waals surface area contributed by atoms with Gasteiger partial charge in [0.05, 0.1) is 12.4 Å². The molecule has 0 aliphatic carbocycles. The number of amides is 1. The molecule has 4 heterocycles. The molecule has 4 rings (SSSR count). The summed E-state index contributed by atoms with van der Waals surface area (Å²) in [5, 5.41) is 7.26. The van der Waals surface area contributed by atoms with Gasteiger partial charge in [-0.2, -0.15) is 0 Å². The molecule has 116 valence electrons. The molecule has 0 atom stereocenters. The van der Waals surface area contributed by atoms with E-state index in [1.807, 2.05) is 12.1 Å². The molecule has 0 radical (unpaired) electrons. The number of hydrogen-bond acceptors (Lipinski definition) is 6. The molecule has 1 N–H and O–H groups in total. The van der Waals surface area contributed by atoms with Crippen molar-refractivity contribution in [3.63, 3.8) is 0 Å². The van der Waals surface area contributed by atoms with Crippen LogP contribution in [0.15, 0.2) is 36.9 Å². The average molecular weight is 309 g/mol. The van der Waals surface area contributed by atoms with Gasteiger partial charge < -0.3 is 10.2 Å². The highest BCUT2D eigenvalue weighted by Crippen LogP contribution is 2.18. The van der Waals surface area contributed by atoms with E-state index in [2.05, 4.69) is 30.3 Å². The molecular weight excluding hydrogens is 294 g/mol. The number of fused-ring (bicyclic) bond motifs is 1. The maximum absolute atomic E-state index is 12.4. The van der Waals surface area contributed by atoms with E-state index in [0.29, 0.717) is 17.2 Å². The van der Waals surface area contributed by atoms with Gasteiger partial charge in [-0.3, -0.25) is 9.78 Å². The number of imidazole rings is 1. The molecule has 1 aliphatic rings. The van der Waals surface area contributed by atoms with Crippen LogP contribution in [0.2, 0.25) is 0 Å². The van der Waals surface area contributed by atoms with Gasteiger partial charge in [0, 0.05) is 25.5 Å². The summed E-state index contributed by atoms with van der Waals surface area (Å²) in [5.74, 6) is 0.939. The van der Waals surface area contributed by atoms with Crippen LogP contribution in [0.1, 0.15) is 23.3 Å². The number of aromatic nitrogens is 5. The molecule has 0 saturated carbocycles. The van der Waals surface area contributed by atoms with Gasteiger partial charge in [0.15, 0.2) is 17.2 Å². The van der Waals surface area contributed by atoms with Gasteiger partial charge in [-0.25, -0.2) is 14.5 Å². The Kier molecular flexibility index (Phi) is 3.34. The Bertz CT molecular complexity index is 839. The summed E-state index contributed by atoms with van der Waals surface area (Å²) in [4.78, 5) is 26.8. The fourth-order valence-corrected chi connectivity index (χ4v) is 2.68. The number of nitrogens with one attached hydrogen (secondary N) is 1. The normalized spacial score (nSPS) is 14.3. The molecule has 1 fully saturated rings. The zero-order valence-electron chi connectivity index (χ0n) is 12.4. The van der Waals surface area contributed by atoms with E-state index in [-0.39, 0.29) is 5.91 Å². The number of nitrogens with zero attached hydrogens (tertiary/aromatic N) is 6. The van der Waals surface area contributed by atoms with Crippen molar-refractivity contribution in [1.82, 2.24) is 24.6 Å². The van der Waals surface area contributed by atoms with E-state index in [1.165, 1.54) is 31.4 Å². The Morgan fingerprint density at radius 3 is 2.74 bits per heavy atom. The molecule has 3 aromatic heterocycles. The van der Waals surface area contributed by atoms with Crippen molar-refractivity contribution in [1.29, 1.82) is 0 Å². The summed E-state index contributed by atoms with van der Waals surface area (Å²) >= 11 is 0. The molecular formula is C15H15N7O. The lowest BCUT2D eigenvalue weighted by molar-refractivity contribution is 0.102. The van der Waals surface area contributed by atoms with Crippen molar-refractivity contribution < 1.29 is 4.79 Å². The van der Waals surface area contributed by atoms with Crippen molar-refractivity contribution in [2.75, 3.05) is 23.3 Å². The van der Waals surface area contributed by atoms with Gasteiger partial charge in [-0.1, -0.05) is 0 Å². The van der Waals surface area contributed by atoms with E-state index in [9.17, 15) is 4.79 Å². The van der Waals surface area contributed by atoms with Crippen LogP contribution in [0.4, 0.5) is 11.6 Å². The Balaban J connectivity index is 1.66. The van der Waals surface area contributed by atoms with Crippen molar-refractivity contribution in [2.45, 2.75) is 12.8 Å². The molecule has 3 aromatic rings. The highest BCUT2D eigenvalue weighted by Gasteiger charge is 2.18. The van der Waals surface area contributed by atoms with Crippen LogP contribution in [0.3, 0.4) is 0 Å². The number of carbonyl (C=O) groups excluding carboxylic acids is 1. The molecule has 23 heavy (non-hydrogen) atoms. The summed E-state index contributed by atoms with van der Waals surface area (Å²) in [6.45, 7) is 1.99. The fourth-order valence-electron chi connectivity index (χ4n) is 2.68. The Morgan fingerprint density at radius 2 is 1.96 bits per heavy atom. The molecule has 0 spiro atoms. The maximum atomic E-state index is 12.4. The van der Waals surface area contributed by atoms with Gasteiger partial charge in [0.2, 0.25) is 0 Å². The first-order chi connectivity index (χ1) is 11.3. The van der Waals surface area contributed by atoms with E-state index in [0.717, 1.165) is 18.9 Å². The van der Waals surface area contributed by atoms with E-state index in [1.54, 1.807) is 10.7 Å². The first-order valence-corrected chi connectivity index (χ1v) is 7.48. The second-order valence-corrected chi connectivity index (χ2v) is 5.34. The Morgan fingerprint density at radius 1 is 1.09 bits per heavy atom. The molecule has 1 amide bonds. The van der Waals surface area contributed by atoms with Crippen LogP contribution >= 0.6 is 0 Å². The van der Waals surface area contributed by atoms with Crippen LogP contribution in [-0.2, 0) is 0 Å². The molecule has 0 aromatic carbocycles. The molecule has 0 unspecified atom stereocenters. The monoisotopic (exact) mass is 309 g/mol. The average Bonchev–Trinajstić information content (AvgIpc) is 3.25. The third-order valence-electron chi connectivity index (χ3n) is 3.82. The Hall–Kier alpha value is -3.03. The molecule has 1 aliphatic heterocycles. The number of rotatable bonds is 3. The summed E-state index contributed by atoms with van der Waals surface area (Å²) < 4.78 is 1.57. The topological polar surface area (TPSA) is 88.3 Å². The molecule has 0 bridgehead atoms. The van der Waals surface area contributed by atoms with Gasteiger partial charge >= 0.3 is 0 Å². The zero-order valence-corrected chi connectivity index (χ0v) is 12.4. The van der Waals surface area contributed by atoms with Crippen molar-refractivity contribution in [2.24, 2.45) is 0 Å². The lowest BCUT2D eigenvalue weighted by atomic mass is 10.4. The molecule has 8 nitrogen and oxygen atoms in total. The van der Waals surface area contributed by atoms with Crippen molar-refractivity contribution >= 4 is 23.2 Å². The highest BCUT2D eigenvalue weighted by molar-refractivity contribution is 6.02. The third kappa shape index (κ3) is 2.59. The van der Waals surface area contributed by atoms with Gasteiger partial charge in [-0.15, -0.1) is 5.10 Å². The second kappa shape index (κ2) is 5.64. The zero-order chi connectivity index (χ0) is 15.6. The number of carbonyl (C=O) groups is 1. The lowest BCUT2D eigenvalue weighted by Gasteiger charge is -2.16. The maximum Gasteiger partial charge on any atom is 0.277 e.